The number of allylic oxidation sites excluding steroid dienone is 2. The Labute approximate surface area is 130 Å². The van der Waals surface area contributed by atoms with Crippen LogP contribution in [0.3, 0.4) is 0 Å². The fourth-order valence-electron chi connectivity index (χ4n) is 1.79. The first-order chi connectivity index (χ1) is 9.81. The quantitative estimate of drug-likeness (QED) is 0.501. The van der Waals surface area contributed by atoms with Crippen molar-refractivity contribution in [1.29, 1.82) is 0 Å². The van der Waals surface area contributed by atoms with E-state index in [1.54, 1.807) is 23.5 Å². The van der Waals surface area contributed by atoms with Crippen LogP contribution in [0.15, 0.2) is 70.5 Å². The molecule has 0 nitrogen and oxygen atoms in total. The standard InChI is InChI=1S/C18H18S2/c1-19-17-12-10-15(11-13-17)6-3-4-7-16-8-5-9-18(14-16)20-2/h3-14H,1-2H3/b6-3+,7-4+. The van der Waals surface area contributed by atoms with Gasteiger partial charge in [0, 0.05) is 9.79 Å². The Morgan fingerprint density at radius 3 is 2.00 bits per heavy atom. The van der Waals surface area contributed by atoms with E-state index in [9.17, 15) is 0 Å². The summed E-state index contributed by atoms with van der Waals surface area (Å²) in [6.07, 6.45) is 12.6. The molecule has 0 saturated carbocycles. The molecule has 0 aliphatic rings. The zero-order chi connectivity index (χ0) is 14.2. The highest BCUT2D eigenvalue weighted by Gasteiger charge is 1.90. The van der Waals surface area contributed by atoms with Gasteiger partial charge in [0.1, 0.15) is 0 Å². The Balaban J connectivity index is 1.99. The molecule has 20 heavy (non-hydrogen) atoms. The molecular weight excluding hydrogens is 280 g/mol. The molecule has 2 aromatic rings. The zero-order valence-corrected chi connectivity index (χ0v) is 13.4. The van der Waals surface area contributed by atoms with Crippen LogP contribution in [-0.4, -0.2) is 12.5 Å². The van der Waals surface area contributed by atoms with E-state index >= 15 is 0 Å². The maximum Gasteiger partial charge on any atom is 0.00750 e. The normalized spacial score (nSPS) is 11.5. The van der Waals surface area contributed by atoms with Gasteiger partial charge in [0.15, 0.2) is 0 Å². The van der Waals surface area contributed by atoms with Crippen LogP contribution in [0.5, 0.6) is 0 Å². The van der Waals surface area contributed by atoms with E-state index in [1.165, 1.54) is 20.9 Å². The molecule has 0 aromatic heterocycles. The monoisotopic (exact) mass is 298 g/mol. The summed E-state index contributed by atoms with van der Waals surface area (Å²) in [7, 11) is 0. The second-order valence-electron chi connectivity index (χ2n) is 4.27. The fraction of sp³-hybridized carbons (Fsp3) is 0.111. The molecule has 0 bridgehead atoms. The molecule has 2 aromatic carbocycles. The Kier molecular flexibility index (Phi) is 6.03. The third kappa shape index (κ3) is 4.62. The van der Waals surface area contributed by atoms with Crippen LogP contribution in [0, 0.1) is 0 Å². The Hall–Kier alpha value is -1.38. The van der Waals surface area contributed by atoms with Gasteiger partial charge in [-0.3, -0.25) is 0 Å². The maximum absolute atomic E-state index is 2.20. The second kappa shape index (κ2) is 8.03. The van der Waals surface area contributed by atoms with Gasteiger partial charge in [-0.1, -0.05) is 48.6 Å². The molecule has 0 spiro atoms. The molecule has 0 fully saturated rings. The first-order valence-corrected chi connectivity index (χ1v) is 8.89. The molecule has 0 saturated heterocycles. The van der Waals surface area contributed by atoms with Gasteiger partial charge in [0.25, 0.3) is 0 Å². The van der Waals surface area contributed by atoms with Crippen molar-refractivity contribution in [1.82, 2.24) is 0 Å². The molecule has 0 aliphatic heterocycles. The number of hydrogen-bond acceptors (Lipinski definition) is 2. The summed E-state index contributed by atoms with van der Waals surface area (Å²) in [5.41, 5.74) is 2.46. The first-order valence-electron chi connectivity index (χ1n) is 6.44. The van der Waals surface area contributed by atoms with E-state index in [1.807, 2.05) is 0 Å². The third-order valence-corrected chi connectivity index (χ3v) is 4.37. The highest BCUT2D eigenvalue weighted by atomic mass is 32.2. The Morgan fingerprint density at radius 1 is 0.700 bits per heavy atom. The SMILES string of the molecule is CSc1ccc(/C=C/C=C/c2cccc(SC)c2)cc1. The van der Waals surface area contributed by atoms with Crippen LogP contribution in [0.2, 0.25) is 0 Å². The summed E-state index contributed by atoms with van der Waals surface area (Å²) >= 11 is 3.54. The topological polar surface area (TPSA) is 0 Å². The van der Waals surface area contributed by atoms with E-state index in [0.717, 1.165) is 0 Å². The van der Waals surface area contributed by atoms with E-state index in [-0.39, 0.29) is 0 Å². The van der Waals surface area contributed by atoms with Crippen molar-refractivity contribution >= 4 is 35.7 Å². The van der Waals surface area contributed by atoms with Crippen molar-refractivity contribution in [2.24, 2.45) is 0 Å². The highest BCUT2D eigenvalue weighted by Crippen LogP contribution is 2.17. The van der Waals surface area contributed by atoms with Crippen molar-refractivity contribution in [3.8, 4) is 0 Å². The average Bonchev–Trinajstić information content (AvgIpc) is 2.52. The minimum atomic E-state index is 1.23. The van der Waals surface area contributed by atoms with Crippen molar-refractivity contribution in [3.63, 3.8) is 0 Å². The van der Waals surface area contributed by atoms with Crippen molar-refractivity contribution in [2.45, 2.75) is 9.79 Å². The lowest BCUT2D eigenvalue weighted by atomic mass is 10.2. The third-order valence-electron chi connectivity index (χ3n) is 2.90. The molecular formula is C18H18S2. The highest BCUT2D eigenvalue weighted by molar-refractivity contribution is 7.98. The molecule has 0 atom stereocenters. The summed E-state index contributed by atoms with van der Waals surface area (Å²) in [4.78, 5) is 2.59. The largest absolute Gasteiger partial charge is 0.130 e. The molecule has 0 radical (unpaired) electrons. The molecule has 0 N–H and O–H groups in total. The summed E-state index contributed by atoms with van der Waals surface area (Å²) in [5.74, 6) is 0. The van der Waals surface area contributed by atoms with Crippen LogP contribution >= 0.6 is 23.5 Å². The van der Waals surface area contributed by atoms with E-state index < -0.39 is 0 Å². The van der Waals surface area contributed by atoms with Crippen LogP contribution in [0.25, 0.3) is 12.2 Å². The van der Waals surface area contributed by atoms with Crippen LogP contribution in [0.1, 0.15) is 11.1 Å². The molecule has 0 amide bonds. The zero-order valence-electron chi connectivity index (χ0n) is 11.7. The number of thioether (sulfide) groups is 2. The predicted molar refractivity (Wildman–Crippen MR) is 94.5 cm³/mol. The van der Waals surface area contributed by atoms with Gasteiger partial charge in [-0.05, 0) is 47.9 Å². The van der Waals surface area contributed by atoms with Crippen LogP contribution in [0.4, 0.5) is 0 Å². The number of hydrogen-bond donors (Lipinski definition) is 0. The minimum absolute atomic E-state index is 1.23. The van der Waals surface area contributed by atoms with Crippen molar-refractivity contribution in [2.75, 3.05) is 12.5 Å². The molecule has 0 aliphatic carbocycles. The summed E-state index contributed by atoms with van der Waals surface area (Å²) in [5, 5.41) is 0. The lowest BCUT2D eigenvalue weighted by molar-refractivity contribution is 1.45. The van der Waals surface area contributed by atoms with Crippen molar-refractivity contribution in [3.05, 3.63) is 71.8 Å². The Bertz CT molecular complexity index is 595. The second-order valence-corrected chi connectivity index (χ2v) is 6.03. The fourth-order valence-corrected chi connectivity index (χ4v) is 2.67. The van der Waals surface area contributed by atoms with Gasteiger partial charge < -0.3 is 0 Å². The maximum atomic E-state index is 2.20. The first kappa shape index (κ1) is 15.0. The smallest absolute Gasteiger partial charge is 0.00750 e. The van der Waals surface area contributed by atoms with Crippen molar-refractivity contribution < 1.29 is 0 Å². The number of rotatable bonds is 5. The molecule has 2 rings (SSSR count). The minimum Gasteiger partial charge on any atom is -0.130 e. The van der Waals surface area contributed by atoms with Gasteiger partial charge in [0.2, 0.25) is 0 Å². The average molecular weight is 298 g/mol. The predicted octanol–water partition coefficient (Wildman–Crippen LogP) is 5.86. The van der Waals surface area contributed by atoms with Gasteiger partial charge >= 0.3 is 0 Å². The summed E-state index contributed by atoms with van der Waals surface area (Å²) in [6, 6.07) is 17.1. The summed E-state index contributed by atoms with van der Waals surface area (Å²) < 4.78 is 0. The van der Waals surface area contributed by atoms with E-state index in [2.05, 4.69) is 85.3 Å². The molecule has 0 unspecified atom stereocenters. The van der Waals surface area contributed by atoms with Gasteiger partial charge in [-0.25, -0.2) is 0 Å². The van der Waals surface area contributed by atoms with Crippen LogP contribution < -0.4 is 0 Å². The lowest BCUT2D eigenvalue weighted by Gasteiger charge is -1.97. The van der Waals surface area contributed by atoms with Gasteiger partial charge in [-0.15, -0.1) is 23.5 Å². The molecule has 2 heteroatoms. The Morgan fingerprint density at radius 2 is 1.35 bits per heavy atom. The van der Waals surface area contributed by atoms with E-state index in [0.29, 0.717) is 0 Å². The number of benzene rings is 2. The molecule has 102 valence electrons. The summed E-state index contributed by atoms with van der Waals surface area (Å²) in [6.45, 7) is 0. The molecule has 0 heterocycles. The van der Waals surface area contributed by atoms with Gasteiger partial charge in [0.05, 0.1) is 0 Å². The van der Waals surface area contributed by atoms with Crippen LogP contribution in [-0.2, 0) is 0 Å². The van der Waals surface area contributed by atoms with E-state index in [4.69, 9.17) is 0 Å². The van der Waals surface area contributed by atoms with Gasteiger partial charge in [-0.2, -0.15) is 0 Å². The lowest BCUT2D eigenvalue weighted by Crippen LogP contribution is -1.73.